The van der Waals surface area contributed by atoms with E-state index in [4.69, 9.17) is 16.9 Å². The fraction of sp³-hybridized carbons (Fsp3) is 0.400. The molecule has 0 aliphatic heterocycles. The fourth-order valence-electron chi connectivity index (χ4n) is 0.313. The third-order valence-electron chi connectivity index (χ3n) is 0.822. The molecule has 0 bridgehead atoms. The molecule has 0 spiro atoms. The van der Waals surface area contributed by atoms with Crippen LogP contribution in [0.3, 0.4) is 0 Å². The highest BCUT2D eigenvalue weighted by molar-refractivity contribution is 5.89. The van der Waals surface area contributed by atoms with E-state index in [0.717, 1.165) is 6.20 Å². The number of nitrogens with one attached hydrogen (secondary N) is 1. The lowest BCUT2D eigenvalue weighted by Gasteiger charge is -2.08. The molecule has 70 valence electrons. The number of hydrogen-bond donors (Lipinski definition) is 3. The van der Waals surface area contributed by atoms with Crippen molar-refractivity contribution >= 4 is 5.90 Å². The third kappa shape index (κ3) is 4.42. The Morgan fingerprint density at radius 2 is 2.00 bits per heavy atom. The van der Waals surface area contributed by atoms with Crippen LogP contribution >= 0.6 is 0 Å². The van der Waals surface area contributed by atoms with E-state index in [2.05, 4.69) is 4.74 Å². The molecule has 5 N–H and O–H groups in total. The quantitative estimate of drug-likeness (QED) is 0.425. The first-order valence-corrected chi connectivity index (χ1v) is 2.82. The lowest BCUT2D eigenvalue weighted by atomic mass is 10.5. The van der Waals surface area contributed by atoms with Crippen molar-refractivity contribution in [2.75, 3.05) is 6.61 Å². The highest BCUT2D eigenvalue weighted by atomic mass is 19.4. The smallest absolute Gasteiger partial charge is 0.422 e. The van der Waals surface area contributed by atoms with Crippen LogP contribution < -0.4 is 11.5 Å². The Labute approximate surface area is 66.5 Å². The number of halogens is 3. The molecule has 4 nitrogen and oxygen atoms in total. The summed E-state index contributed by atoms with van der Waals surface area (Å²) in [5.41, 5.74) is 9.45. The van der Waals surface area contributed by atoms with Gasteiger partial charge in [0.25, 0.3) is 0 Å². The molecule has 0 aromatic carbocycles. The van der Waals surface area contributed by atoms with Crippen molar-refractivity contribution in [2.45, 2.75) is 6.18 Å². The molecule has 0 atom stereocenters. The largest absolute Gasteiger partial charge is 0.467 e. The Hall–Kier alpha value is -1.40. The predicted molar refractivity (Wildman–Crippen MR) is 36.2 cm³/mol. The van der Waals surface area contributed by atoms with Gasteiger partial charge in [0.1, 0.15) is 5.70 Å². The second-order valence-corrected chi connectivity index (χ2v) is 1.85. The van der Waals surface area contributed by atoms with Gasteiger partial charge in [0, 0.05) is 6.20 Å². The summed E-state index contributed by atoms with van der Waals surface area (Å²) in [6, 6.07) is 0. The van der Waals surface area contributed by atoms with Crippen molar-refractivity contribution in [3.63, 3.8) is 0 Å². The van der Waals surface area contributed by atoms with Crippen molar-refractivity contribution in [3.05, 3.63) is 11.9 Å². The SMILES string of the molecule is N=C(OCC(F)(F)F)/C(N)=C\N. The maximum absolute atomic E-state index is 11.5. The van der Waals surface area contributed by atoms with Gasteiger partial charge in [-0.15, -0.1) is 0 Å². The first kappa shape index (κ1) is 10.6. The number of ether oxygens (including phenoxy) is 1. The van der Waals surface area contributed by atoms with Crippen molar-refractivity contribution < 1.29 is 17.9 Å². The van der Waals surface area contributed by atoms with Crippen LogP contribution in [-0.4, -0.2) is 18.7 Å². The van der Waals surface area contributed by atoms with E-state index in [1.807, 2.05) is 0 Å². The molecule has 0 aliphatic rings. The summed E-state index contributed by atoms with van der Waals surface area (Å²) in [5.74, 6) is -0.783. The summed E-state index contributed by atoms with van der Waals surface area (Å²) in [6.45, 7) is -1.54. The van der Waals surface area contributed by atoms with Crippen molar-refractivity contribution in [3.8, 4) is 0 Å². The molecular weight excluding hydrogens is 175 g/mol. The molecule has 0 fully saturated rings. The Morgan fingerprint density at radius 3 is 2.33 bits per heavy atom. The van der Waals surface area contributed by atoms with Crippen LogP contribution in [0.5, 0.6) is 0 Å². The summed E-state index contributed by atoms with van der Waals surface area (Å²) in [7, 11) is 0. The van der Waals surface area contributed by atoms with E-state index in [0.29, 0.717) is 0 Å². The summed E-state index contributed by atoms with van der Waals surface area (Å²) < 4.78 is 38.4. The van der Waals surface area contributed by atoms with E-state index in [1.54, 1.807) is 0 Å². The summed E-state index contributed by atoms with van der Waals surface area (Å²) in [5, 5.41) is 6.78. The van der Waals surface area contributed by atoms with Crippen LogP contribution in [0.15, 0.2) is 11.9 Å². The van der Waals surface area contributed by atoms with Crippen molar-refractivity contribution in [1.29, 1.82) is 5.41 Å². The van der Waals surface area contributed by atoms with Gasteiger partial charge in [-0.2, -0.15) is 13.2 Å². The third-order valence-corrected chi connectivity index (χ3v) is 0.822. The van der Waals surface area contributed by atoms with Gasteiger partial charge in [0.15, 0.2) is 6.61 Å². The van der Waals surface area contributed by atoms with Gasteiger partial charge < -0.3 is 16.2 Å². The van der Waals surface area contributed by atoms with Gasteiger partial charge in [-0.1, -0.05) is 0 Å². The zero-order valence-electron chi connectivity index (χ0n) is 5.98. The minimum Gasteiger partial charge on any atom is -0.467 e. The van der Waals surface area contributed by atoms with Crippen molar-refractivity contribution in [1.82, 2.24) is 0 Å². The average molecular weight is 183 g/mol. The van der Waals surface area contributed by atoms with Gasteiger partial charge in [0.05, 0.1) is 0 Å². The molecule has 0 aromatic rings. The molecule has 0 aliphatic carbocycles. The average Bonchev–Trinajstić information content (AvgIpc) is 1.97. The van der Waals surface area contributed by atoms with Crippen LogP contribution in [0.4, 0.5) is 13.2 Å². The number of nitrogens with two attached hydrogens (primary N) is 2. The monoisotopic (exact) mass is 183 g/mol. The topological polar surface area (TPSA) is 85.1 Å². The maximum Gasteiger partial charge on any atom is 0.422 e. The van der Waals surface area contributed by atoms with E-state index >= 15 is 0 Å². The van der Waals surface area contributed by atoms with Crippen LogP contribution in [0, 0.1) is 5.41 Å². The molecule has 0 heterocycles. The lowest BCUT2D eigenvalue weighted by molar-refractivity contribution is -0.156. The van der Waals surface area contributed by atoms with Gasteiger partial charge in [-0.25, -0.2) is 0 Å². The highest BCUT2D eigenvalue weighted by Gasteiger charge is 2.29. The second kappa shape index (κ2) is 3.84. The molecule has 0 saturated heterocycles. The summed E-state index contributed by atoms with van der Waals surface area (Å²) >= 11 is 0. The maximum atomic E-state index is 11.5. The number of alkyl halides is 3. The highest BCUT2D eigenvalue weighted by Crippen LogP contribution is 2.14. The second-order valence-electron chi connectivity index (χ2n) is 1.85. The predicted octanol–water partition coefficient (Wildman–Crippen LogP) is 0.301. The zero-order chi connectivity index (χ0) is 9.78. The Balaban J connectivity index is 3.89. The molecule has 12 heavy (non-hydrogen) atoms. The van der Waals surface area contributed by atoms with E-state index in [9.17, 15) is 13.2 Å². The van der Waals surface area contributed by atoms with Crippen LogP contribution in [0.2, 0.25) is 0 Å². The minimum absolute atomic E-state index is 0.334. The molecule has 0 radical (unpaired) electrons. The standard InChI is InChI=1S/C5H8F3N3O/c6-5(7,8)2-12-4(11)3(10)1-9/h1,11H,2,9-10H2/b3-1+,11-4?. The fourth-order valence-corrected chi connectivity index (χ4v) is 0.313. The molecule has 0 unspecified atom stereocenters. The van der Waals surface area contributed by atoms with Crippen molar-refractivity contribution in [2.24, 2.45) is 11.5 Å². The zero-order valence-corrected chi connectivity index (χ0v) is 5.98. The Morgan fingerprint density at radius 1 is 1.50 bits per heavy atom. The van der Waals surface area contributed by atoms with Gasteiger partial charge in [-0.05, 0) is 0 Å². The molecule has 0 aromatic heterocycles. The van der Waals surface area contributed by atoms with Crippen LogP contribution in [0.25, 0.3) is 0 Å². The molecule has 0 saturated carbocycles. The molecule has 7 heteroatoms. The number of hydrogen-bond acceptors (Lipinski definition) is 4. The molecular formula is C5H8F3N3O. The lowest BCUT2D eigenvalue weighted by Crippen LogP contribution is -2.23. The van der Waals surface area contributed by atoms with Gasteiger partial charge in [0.2, 0.25) is 5.90 Å². The van der Waals surface area contributed by atoms with E-state index in [1.165, 1.54) is 0 Å². The first-order valence-electron chi connectivity index (χ1n) is 2.82. The number of rotatable bonds is 2. The normalized spacial score (nSPS) is 12.8. The Kier molecular flexibility index (Phi) is 3.39. The summed E-state index contributed by atoms with van der Waals surface area (Å²) in [4.78, 5) is 0. The summed E-state index contributed by atoms with van der Waals surface area (Å²) in [6.07, 6.45) is -3.68. The van der Waals surface area contributed by atoms with Crippen LogP contribution in [0.1, 0.15) is 0 Å². The van der Waals surface area contributed by atoms with E-state index in [-0.39, 0.29) is 5.70 Å². The molecule has 0 amide bonds. The van der Waals surface area contributed by atoms with Gasteiger partial charge in [-0.3, -0.25) is 5.41 Å². The Bertz CT molecular complexity index is 199. The van der Waals surface area contributed by atoms with Crippen LogP contribution in [-0.2, 0) is 4.74 Å². The van der Waals surface area contributed by atoms with E-state index < -0.39 is 18.7 Å². The minimum atomic E-state index is -4.47. The molecule has 0 rings (SSSR count). The van der Waals surface area contributed by atoms with Gasteiger partial charge >= 0.3 is 6.18 Å². The first-order chi connectivity index (χ1) is 5.37.